The summed E-state index contributed by atoms with van der Waals surface area (Å²) in [5, 5.41) is 0. The lowest BCUT2D eigenvalue weighted by Gasteiger charge is -2.33. The normalized spacial score (nSPS) is 16.0. The van der Waals surface area contributed by atoms with Gasteiger partial charge in [-0.15, -0.1) is 0 Å². The Bertz CT molecular complexity index is 1350. The maximum absolute atomic E-state index is 15.8. The van der Waals surface area contributed by atoms with Crippen LogP contribution in [0.2, 0.25) is 0 Å². The van der Waals surface area contributed by atoms with E-state index in [4.69, 9.17) is 0 Å². The molecule has 0 amide bonds. The third kappa shape index (κ3) is 4.77. The Morgan fingerprint density at radius 3 is 2.42 bits per heavy atom. The predicted octanol–water partition coefficient (Wildman–Crippen LogP) is 7.77. The van der Waals surface area contributed by atoms with Crippen LogP contribution in [0, 0.1) is 24.4 Å². The van der Waals surface area contributed by atoms with E-state index in [1.54, 1.807) is 24.3 Å². The molecule has 0 bridgehead atoms. The van der Waals surface area contributed by atoms with Gasteiger partial charge in [0.1, 0.15) is 5.82 Å². The molecule has 1 nitrogen and oxygen atoms in total. The number of halogens is 4. The first kappa shape index (κ1) is 24.5. The van der Waals surface area contributed by atoms with Crippen molar-refractivity contribution in [1.82, 2.24) is 4.90 Å². The maximum atomic E-state index is 15.8. The Labute approximate surface area is 209 Å². The molecule has 36 heavy (non-hydrogen) atoms. The summed E-state index contributed by atoms with van der Waals surface area (Å²) >= 11 is 0. The molecule has 1 aliphatic heterocycles. The molecule has 0 radical (unpaired) electrons. The van der Waals surface area contributed by atoms with Gasteiger partial charge in [-0.3, -0.25) is 9.29 Å². The summed E-state index contributed by atoms with van der Waals surface area (Å²) in [5.74, 6) is -2.06. The van der Waals surface area contributed by atoms with Crippen molar-refractivity contribution in [2.24, 2.45) is 0 Å². The molecule has 186 valence electrons. The first-order chi connectivity index (χ1) is 17.5. The van der Waals surface area contributed by atoms with Crippen LogP contribution in [0.4, 0.5) is 17.6 Å². The third-order valence-electron chi connectivity index (χ3n) is 7.18. The molecule has 1 heterocycles. The van der Waals surface area contributed by atoms with Crippen LogP contribution >= 0.6 is 0 Å². The number of aryl methyl sites for hydroxylation is 2. The summed E-state index contributed by atoms with van der Waals surface area (Å²) in [5.41, 5.74) is 6.64. The second-order valence-electron chi connectivity index (χ2n) is 9.71. The average Bonchev–Trinajstić information content (AvgIpc) is 3.03. The lowest BCUT2D eigenvalue weighted by atomic mass is 9.85. The fourth-order valence-electron chi connectivity index (χ4n) is 5.42. The van der Waals surface area contributed by atoms with Gasteiger partial charge in [-0.25, -0.2) is 13.2 Å². The van der Waals surface area contributed by atoms with Gasteiger partial charge < -0.3 is 0 Å². The monoisotopic (exact) mass is 491 g/mol. The Kier molecular flexibility index (Phi) is 7.10. The summed E-state index contributed by atoms with van der Waals surface area (Å²) in [6, 6.07) is 15.8. The van der Waals surface area contributed by atoms with Gasteiger partial charge in [0.2, 0.25) is 0 Å². The number of rotatable bonds is 6. The highest BCUT2D eigenvalue weighted by Crippen LogP contribution is 2.42. The molecular weight excluding hydrogens is 462 g/mol. The standard InChI is InChI=1S/C31H29F4N/c1-20-16-24(33)11-13-25(20)27-9-4-7-22-6-2-3-8-26(22)29(27)28-12-10-23(30(34)31(28)35)17-21-18-36(19-21)15-5-14-32/h2-3,6,8,10-13,16-17H,4-5,7,9,14-15,18-19H2,1H3. The number of hydrogen-bond donors (Lipinski definition) is 0. The molecule has 0 N–H and O–H groups in total. The zero-order chi connectivity index (χ0) is 25.2. The fraction of sp³-hybridized carbons (Fsp3) is 0.290. The maximum Gasteiger partial charge on any atom is 0.167 e. The van der Waals surface area contributed by atoms with Crippen LogP contribution in [-0.2, 0) is 6.42 Å². The topological polar surface area (TPSA) is 3.24 Å². The average molecular weight is 492 g/mol. The zero-order valence-corrected chi connectivity index (χ0v) is 20.4. The van der Waals surface area contributed by atoms with Crippen molar-refractivity contribution in [2.45, 2.75) is 32.6 Å². The fourth-order valence-corrected chi connectivity index (χ4v) is 5.42. The minimum atomic E-state index is -0.873. The summed E-state index contributed by atoms with van der Waals surface area (Å²) < 4.78 is 57.5. The van der Waals surface area contributed by atoms with Crippen molar-refractivity contribution in [3.8, 4) is 0 Å². The SMILES string of the molecule is Cc1cc(F)ccc1C1=C(c2ccc(C=C3CN(CCCF)C3)c(F)c2F)c2ccccc2CCC1. The van der Waals surface area contributed by atoms with Gasteiger partial charge in [0.25, 0.3) is 0 Å². The van der Waals surface area contributed by atoms with Crippen molar-refractivity contribution in [2.75, 3.05) is 26.3 Å². The number of allylic oxidation sites excluding steroid dienone is 1. The molecule has 1 aliphatic carbocycles. The van der Waals surface area contributed by atoms with Gasteiger partial charge in [0.15, 0.2) is 11.6 Å². The molecule has 5 heteroatoms. The number of hydrogen-bond acceptors (Lipinski definition) is 1. The van der Waals surface area contributed by atoms with Crippen LogP contribution < -0.4 is 0 Å². The molecule has 3 aromatic carbocycles. The molecule has 0 atom stereocenters. The second-order valence-corrected chi connectivity index (χ2v) is 9.71. The van der Waals surface area contributed by atoms with Crippen molar-refractivity contribution in [3.05, 3.63) is 111 Å². The van der Waals surface area contributed by atoms with E-state index in [-0.39, 0.29) is 23.6 Å². The summed E-state index contributed by atoms with van der Waals surface area (Å²) in [6.07, 6.45) is 4.56. The van der Waals surface area contributed by atoms with Crippen LogP contribution in [0.25, 0.3) is 17.2 Å². The Hall–Kier alpha value is -3.18. The molecule has 1 fully saturated rings. The van der Waals surface area contributed by atoms with Gasteiger partial charge in [-0.1, -0.05) is 48.5 Å². The van der Waals surface area contributed by atoms with Crippen molar-refractivity contribution < 1.29 is 17.6 Å². The van der Waals surface area contributed by atoms with Crippen molar-refractivity contribution >= 4 is 17.2 Å². The van der Waals surface area contributed by atoms with E-state index >= 15 is 8.78 Å². The minimum absolute atomic E-state index is 0.221. The van der Waals surface area contributed by atoms with Crippen LogP contribution in [0.1, 0.15) is 52.6 Å². The number of fused-ring (bicyclic) bond motifs is 1. The van der Waals surface area contributed by atoms with Gasteiger partial charge in [-0.2, -0.15) is 0 Å². The smallest absolute Gasteiger partial charge is 0.167 e. The van der Waals surface area contributed by atoms with Gasteiger partial charge in [-0.05, 0) is 83.7 Å². The Morgan fingerprint density at radius 1 is 0.861 bits per heavy atom. The largest absolute Gasteiger partial charge is 0.295 e. The highest BCUT2D eigenvalue weighted by Gasteiger charge is 2.26. The van der Waals surface area contributed by atoms with E-state index in [2.05, 4.69) is 4.90 Å². The lowest BCUT2D eigenvalue weighted by molar-refractivity contribution is 0.239. The summed E-state index contributed by atoms with van der Waals surface area (Å²) in [6.45, 7) is 3.46. The van der Waals surface area contributed by atoms with E-state index in [0.717, 1.165) is 46.2 Å². The van der Waals surface area contributed by atoms with E-state index in [1.807, 2.05) is 31.2 Å². The second kappa shape index (κ2) is 10.4. The van der Waals surface area contributed by atoms with E-state index in [1.165, 1.54) is 12.1 Å². The first-order valence-electron chi connectivity index (χ1n) is 12.5. The molecular formula is C31H29F4N. The molecule has 0 saturated carbocycles. The van der Waals surface area contributed by atoms with Gasteiger partial charge in [0.05, 0.1) is 6.67 Å². The van der Waals surface area contributed by atoms with Crippen molar-refractivity contribution in [1.29, 1.82) is 0 Å². The number of nitrogens with zero attached hydrogens (tertiary/aromatic N) is 1. The van der Waals surface area contributed by atoms with Crippen LogP contribution in [-0.4, -0.2) is 31.2 Å². The minimum Gasteiger partial charge on any atom is -0.295 e. The quantitative estimate of drug-likeness (QED) is 0.319. The number of benzene rings is 3. The molecule has 3 aromatic rings. The number of alkyl halides is 1. The van der Waals surface area contributed by atoms with Crippen LogP contribution in [0.3, 0.4) is 0 Å². The van der Waals surface area contributed by atoms with Crippen LogP contribution in [0.15, 0.2) is 60.2 Å². The molecule has 0 spiro atoms. The lowest BCUT2D eigenvalue weighted by Crippen LogP contribution is -2.40. The highest BCUT2D eigenvalue weighted by molar-refractivity contribution is 6.00. The van der Waals surface area contributed by atoms with Crippen LogP contribution in [0.5, 0.6) is 0 Å². The first-order valence-corrected chi connectivity index (χ1v) is 12.5. The third-order valence-corrected chi connectivity index (χ3v) is 7.18. The Balaban J connectivity index is 1.61. The Morgan fingerprint density at radius 2 is 1.64 bits per heavy atom. The van der Waals surface area contributed by atoms with E-state index in [0.29, 0.717) is 38.0 Å². The molecule has 2 aliphatic rings. The van der Waals surface area contributed by atoms with Gasteiger partial charge >= 0.3 is 0 Å². The van der Waals surface area contributed by atoms with Crippen molar-refractivity contribution in [3.63, 3.8) is 0 Å². The number of likely N-dealkylation sites (tertiary alicyclic amines) is 1. The molecule has 5 rings (SSSR count). The summed E-state index contributed by atoms with van der Waals surface area (Å²) in [7, 11) is 0. The van der Waals surface area contributed by atoms with E-state index in [9.17, 15) is 8.78 Å². The van der Waals surface area contributed by atoms with Gasteiger partial charge in [0, 0.05) is 30.8 Å². The zero-order valence-electron chi connectivity index (χ0n) is 20.4. The molecule has 0 aromatic heterocycles. The highest BCUT2D eigenvalue weighted by atomic mass is 19.2. The predicted molar refractivity (Wildman–Crippen MR) is 138 cm³/mol. The molecule has 1 saturated heterocycles. The van der Waals surface area contributed by atoms with E-state index < -0.39 is 11.6 Å². The molecule has 0 unspecified atom stereocenters. The summed E-state index contributed by atoms with van der Waals surface area (Å²) in [4.78, 5) is 2.08.